The number of aliphatic hydroxyl groups is 1. The highest BCUT2D eigenvalue weighted by Crippen LogP contribution is 2.14. The number of fused-ring (bicyclic) bond motifs is 1. The lowest BCUT2D eigenvalue weighted by atomic mass is 10.1. The van der Waals surface area contributed by atoms with Crippen LogP contribution in [0.15, 0.2) is 54.9 Å². The first-order valence-electron chi connectivity index (χ1n) is 7.10. The molecule has 3 rings (SSSR count). The molecule has 21 heavy (non-hydrogen) atoms. The topological polar surface area (TPSA) is 49.6 Å². The molecule has 0 bridgehead atoms. The summed E-state index contributed by atoms with van der Waals surface area (Å²) in [6.07, 6.45) is 3.90. The van der Waals surface area contributed by atoms with Gasteiger partial charge in [-0.2, -0.15) is 0 Å². The van der Waals surface area contributed by atoms with Crippen molar-refractivity contribution in [2.45, 2.75) is 19.5 Å². The van der Waals surface area contributed by atoms with Crippen LogP contribution >= 0.6 is 0 Å². The van der Waals surface area contributed by atoms with Crippen molar-refractivity contribution in [2.24, 2.45) is 0 Å². The molecule has 1 atom stereocenters. The van der Waals surface area contributed by atoms with Crippen molar-refractivity contribution in [3.05, 3.63) is 71.7 Å². The first-order valence-corrected chi connectivity index (χ1v) is 7.10. The van der Waals surface area contributed by atoms with Crippen LogP contribution < -0.4 is 5.32 Å². The minimum atomic E-state index is -0.0680. The quantitative estimate of drug-likeness (QED) is 0.755. The number of benzene rings is 1. The van der Waals surface area contributed by atoms with Crippen molar-refractivity contribution < 1.29 is 5.11 Å². The van der Waals surface area contributed by atoms with Crippen LogP contribution in [0.2, 0.25) is 0 Å². The maximum atomic E-state index is 9.58. The Morgan fingerprint density at radius 2 is 2.00 bits per heavy atom. The van der Waals surface area contributed by atoms with E-state index in [0.717, 1.165) is 22.5 Å². The lowest BCUT2D eigenvalue weighted by molar-refractivity contribution is 0.243. The predicted molar refractivity (Wildman–Crippen MR) is 83.0 cm³/mol. The molecule has 2 heterocycles. The molecule has 1 unspecified atom stereocenters. The summed E-state index contributed by atoms with van der Waals surface area (Å²) in [4.78, 5) is 4.46. The summed E-state index contributed by atoms with van der Waals surface area (Å²) in [6, 6.07) is 14.0. The lowest BCUT2D eigenvalue weighted by Crippen LogP contribution is -2.24. The third kappa shape index (κ3) is 2.82. The molecule has 3 aromatic rings. The van der Waals surface area contributed by atoms with Gasteiger partial charge in [-0.15, -0.1) is 0 Å². The molecule has 0 aliphatic carbocycles. The summed E-state index contributed by atoms with van der Waals surface area (Å²) >= 11 is 0. The van der Waals surface area contributed by atoms with Crippen molar-refractivity contribution in [3.63, 3.8) is 0 Å². The average Bonchev–Trinajstić information content (AvgIpc) is 2.94. The van der Waals surface area contributed by atoms with Crippen molar-refractivity contribution in [3.8, 4) is 0 Å². The zero-order chi connectivity index (χ0) is 14.7. The highest BCUT2D eigenvalue weighted by atomic mass is 16.3. The molecular formula is C17H19N3O. The third-order valence-corrected chi connectivity index (χ3v) is 3.72. The zero-order valence-corrected chi connectivity index (χ0v) is 12.0. The van der Waals surface area contributed by atoms with E-state index in [1.807, 2.05) is 48.8 Å². The normalized spacial score (nSPS) is 12.7. The van der Waals surface area contributed by atoms with Gasteiger partial charge in [0.15, 0.2) is 0 Å². The number of aliphatic hydroxyl groups excluding tert-OH is 1. The van der Waals surface area contributed by atoms with E-state index >= 15 is 0 Å². The Labute approximate surface area is 124 Å². The molecule has 4 heteroatoms. The zero-order valence-electron chi connectivity index (χ0n) is 12.0. The van der Waals surface area contributed by atoms with Crippen molar-refractivity contribution >= 4 is 5.65 Å². The fourth-order valence-corrected chi connectivity index (χ4v) is 2.53. The van der Waals surface area contributed by atoms with Crippen LogP contribution in [0, 0.1) is 6.92 Å². The minimum absolute atomic E-state index is 0.0680. The molecule has 2 aromatic heterocycles. The van der Waals surface area contributed by atoms with Gasteiger partial charge in [0.2, 0.25) is 0 Å². The van der Waals surface area contributed by atoms with Crippen LogP contribution in [0.5, 0.6) is 0 Å². The first kappa shape index (κ1) is 13.8. The molecule has 0 saturated heterocycles. The molecule has 0 spiro atoms. The number of hydrogen-bond acceptors (Lipinski definition) is 3. The smallest absolute Gasteiger partial charge is 0.139 e. The van der Waals surface area contributed by atoms with Crippen molar-refractivity contribution in [2.75, 3.05) is 6.61 Å². The van der Waals surface area contributed by atoms with Gasteiger partial charge in [-0.1, -0.05) is 36.4 Å². The minimum Gasteiger partial charge on any atom is -0.394 e. The summed E-state index contributed by atoms with van der Waals surface area (Å²) in [5.41, 5.74) is 4.31. The number of aryl methyl sites for hydroxylation is 1. The van der Waals surface area contributed by atoms with Crippen LogP contribution in [0.25, 0.3) is 5.65 Å². The molecule has 108 valence electrons. The van der Waals surface area contributed by atoms with Gasteiger partial charge in [0.1, 0.15) is 5.65 Å². The van der Waals surface area contributed by atoms with E-state index in [4.69, 9.17) is 0 Å². The molecule has 0 aliphatic heterocycles. The van der Waals surface area contributed by atoms with Crippen molar-refractivity contribution in [1.29, 1.82) is 0 Å². The molecular weight excluding hydrogens is 262 g/mol. The second-order valence-electron chi connectivity index (χ2n) is 5.16. The number of aromatic nitrogens is 2. The SMILES string of the molecule is Cc1cccn2c(CNC(CO)c3ccccc3)cnc12. The monoisotopic (exact) mass is 281 g/mol. The number of imidazole rings is 1. The van der Waals surface area contributed by atoms with Gasteiger partial charge < -0.3 is 14.8 Å². The Balaban J connectivity index is 1.78. The molecule has 0 saturated carbocycles. The van der Waals surface area contributed by atoms with Crippen LogP contribution in [-0.4, -0.2) is 21.1 Å². The number of rotatable bonds is 5. The van der Waals surface area contributed by atoms with E-state index in [-0.39, 0.29) is 12.6 Å². The third-order valence-electron chi connectivity index (χ3n) is 3.72. The maximum Gasteiger partial charge on any atom is 0.139 e. The van der Waals surface area contributed by atoms with E-state index in [2.05, 4.69) is 27.7 Å². The van der Waals surface area contributed by atoms with E-state index in [1.165, 1.54) is 0 Å². The Morgan fingerprint density at radius 3 is 2.76 bits per heavy atom. The van der Waals surface area contributed by atoms with Gasteiger partial charge in [-0.3, -0.25) is 0 Å². The van der Waals surface area contributed by atoms with Gasteiger partial charge in [-0.05, 0) is 24.1 Å². The van der Waals surface area contributed by atoms with Crippen LogP contribution in [-0.2, 0) is 6.54 Å². The molecule has 0 aliphatic rings. The van der Waals surface area contributed by atoms with Gasteiger partial charge >= 0.3 is 0 Å². The Hall–Kier alpha value is -2.17. The molecule has 0 radical (unpaired) electrons. The second-order valence-corrected chi connectivity index (χ2v) is 5.16. The Bertz CT molecular complexity index is 721. The van der Waals surface area contributed by atoms with Gasteiger partial charge in [-0.25, -0.2) is 4.98 Å². The number of pyridine rings is 1. The largest absolute Gasteiger partial charge is 0.394 e. The standard InChI is InChI=1S/C17H19N3O/c1-13-6-5-9-20-15(11-19-17(13)20)10-18-16(12-21)14-7-3-2-4-8-14/h2-9,11,16,18,21H,10,12H2,1H3. The Morgan fingerprint density at radius 1 is 1.19 bits per heavy atom. The highest BCUT2D eigenvalue weighted by molar-refractivity contribution is 5.48. The van der Waals surface area contributed by atoms with Crippen LogP contribution in [0.4, 0.5) is 0 Å². The average molecular weight is 281 g/mol. The number of nitrogens with one attached hydrogen (secondary N) is 1. The fourth-order valence-electron chi connectivity index (χ4n) is 2.53. The van der Waals surface area contributed by atoms with Gasteiger partial charge in [0, 0.05) is 12.7 Å². The van der Waals surface area contributed by atoms with Crippen LogP contribution in [0.3, 0.4) is 0 Å². The van der Waals surface area contributed by atoms with E-state index < -0.39 is 0 Å². The molecule has 0 amide bonds. The maximum absolute atomic E-state index is 9.58. The number of nitrogens with zero attached hydrogens (tertiary/aromatic N) is 2. The van der Waals surface area contributed by atoms with Gasteiger partial charge in [0.25, 0.3) is 0 Å². The summed E-state index contributed by atoms with van der Waals surface area (Å²) in [6.45, 7) is 2.78. The molecule has 2 N–H and O–H groups in total. The lowest BCUT2D eigenvalue weighted by Gasteiger charge is -2.16. The first-order chi connectivity index (χ1) is 10.3. The van der Waals surface area contributed by atoms with Crippen molar-refractivity contribution in [1.82, 2.24) is 14.7 Å². The fraction of sp³-hybridized carbons (Fsp3) is 0.235. The molecule has 0 fully saturated rings. The van der Waals surface area contributed by atoms with E-state index in [9.17, 15) is 5.11 Å². The van der Waals surface area contributed by atoms with E-state index in [0.29, 0.717) is 6.54 Å². The highest BCUT2D eigenvalue weighted by Gasteiger charge is 2.11. The summed E-state index contributed by atoms with van der Waals surface area (Å²) in [5, 5.41) is 13.0. The van der Waals surface area contributed by atoms with E-state index in [1.54, 1.807) is 0 Å². The summed E-state index contributed by atoms with van der Waals surface area (Å²) in [5.74, 6) is 0. The Kier molecular flexibility index (Phi) is 3.99. The molecule has 4 nitrogen and oxygen atoms in total. The van der Waals surface area contributed by atoms with Gasteiger partial charge in [0.05, 0.1) is 24.5 Å². The molecule has 1 aromatic carbocycles. The summed E-state index contributed by atoms with van der Waals surface area (Å²) in [7, 11) is 0. The number of hydrogen-bond donors (Lipinski definition) is 2. The predicted octanol–water partition coefficient (Wildman–Crippen LogP) is 2.47. The van der Waals surface area contributed by atoms with Crippen LogP contribution in [0.1, 0.15) is 22.9 Å². The summed E-state index contributed by atoms with van der Waals surface area (Å²) < 4.78 is 2.09. The second kappa shape index (κ2) is 6.08.